The van der Waals surface area contributed by atoms with Crippen LogP contribution in [0.15, 0.2) is 12.1 Å². The Morgan fingerprint density at radius 2 is 2.05 bits per heavy atom. The maximum absolute atomic E-state index is 5.91. The van der Waals surface area contributed by atoms with Crippen molar-refractivity contribution in [3.05, 3.63) is 12.1 Å². The second kappa shape index (κ2) is 5.27. The number of nitrogen functional groups attached to an aromatic ring is 1. The van der Waals surface area contributed by atoms with Gasteiger partial charge in [0.2, 0.25) is 5.88 Å². The molecular formula is C15H25N3O. The standard InChI is InChI=1S/C15H25N3O/c1-10(11-6-5-7-11)17-13-9-8-12(16)14(18-13)19-15(2,3)4/h8-11H,5-7,16H2,1-4H3,(H,17,18). The molecule has 1 atom stereocenters. The van der Waals surface area contributed by atoms with Gasteiger partial charge in [-0.2, -0.15) is 4.98 Å². The van der Waals surface area contributed by atoms with Gasteiger partial charge in [-0.3, -0.25) is 0 Å². The lowest BCUT2D eigenvalue weighted by Crippen LogP contribution is -2.31. The predicted molar refractivity (Wildman–Crippen MR) is 79.5 cm³/mol. The summed E-state index contributed by atoms with van der Waals surface area (Å²) in [7, 11) is 0. The fourth-order valence-electron chi connectivity index (χ4n) is 2.19. The number of pyridine rings is 1. The normalized spacial score (nSPS) is 17.7. The third-order valence-corrected chi connectivity index (χ3v) is 3.53. The number of rotatable bonds is 4. The van der Waals surface area contributed by atoms with Crippen molar-refractivity contribution in [2.75, 3.05) is 11.1 Å². The SMILES string of the molecule is CC(Nc1ccc(N)c(OC(C)(C)C)n1)C1CCC1. The Kier molecular flexibility index (Phi) is 3.88. The van der Waals surface area contributed by atoms with Crippen LogP contribution in [-0.4, -0.2) is 16.6 Å². The number of nitrogens with zero attached hydrogens (tertiary/aromatic N) is 1. The van der Waals surface area contributed by atoms with Gasteiger partial charge in [-0.05, 0) is 58.6 Å². The van der Waals surface area contributed by atoms with Gasteiger partial charge in [0.1, 0.15) is 11.4 Å². The van der Waals surface area contributed by atoms with Crippen LogP contribution in [0.4, 0.5) is 11.5 Å². The molecule has 1 unspecified atom stereocenters. The molecule has 2 rings (SSSR count). The molecule has 0 amide bonds. The molecule has 106 valence electrons. The minimum Gasteiger partial charge on any atom is -0.470 e. The van der Waals surface area contributed by atoms with Gasteiger partial charge >= 0.3 is 0 Å². The van der Waals surface area contributed by atoms with Gasteiger partial charge in [-0.25, -0.2) is 0 Å². The highest BCUT2D eigenvalue weighted by Gasteiger charge is 2.24. The largest absolute Gasteiger partial charge is 0.470 e. The van der Waals surface area contributed by atoms with Crippen LogP contribution < -0.4 is 15.8 Å². The monoisotopic (exact) mass is 263 g/mol. The second-order valence-electron chi connectivity index (χ2n) is 6.43. The van der Waals surface area contributed by atoms with Crippen molar-refractivity contribution in [2.45, 2.75) is 58.6 Å². The van der Waals surface area contributed by atoms with Crippen molar-refractivity contribution in [1.29, 1.82) is 0 Å². The Balaban J connectivity index is 2.07. The maximum atomic E-state index is 5.91. The first-order valence-electron chi connectivity index (χ1n) is 7.07. The van der Waals surface area contributed by atoms with Gasteiger partial charge in [-0.1, -0.05) is 6.42 Å². The van der Waals surface area contributed by atoms with Crippen LogP contribution in [0.25, 0.3) is 0 Å². The molecular weight excluding hydrogens is 238 g/mol. The Hall–Kier alpha value is -1.45. The zero-order valence-corrected chi connectivity index (χ0v) is 12.4. The number of aromatic nitrogens is 1. The smallest absolute Gasteiger partial charge is 0.239 e. The molecule has 1 aromatic rings. The van der Waals surface area contributed by atoms with E-state index in [4.69, 9.17) is 10.5 Å². The van der Waals surface area contributed by atoms with Crippen molar-refractivity contribution in [1.82, 2.24) is 4.98 Å². The fourth-order valence-corrected chi connectivity index (χ4v) is 2.19. The average molecular weight is 263 g/mol. The molecule has 1 fully saturated rings. The molecule has 1 aliphatic carbocycles. The summed E-state index contributed by atoms with van der Waals surface area (Å²) in [5.74, 6) is 2.12. The summed E-state index contributed by atoms with van der Waals surface area (Å²) in [6.45, 7) is 8.19. The van der Waals surface area contributed by atoms with Crippen LogP contribution in [0.1, 0.15) is 47.0 Å². The number of ether oxygens (including phenoxy) is 1. The summed E-state index contributed by atoms with van der Waals surface area (Å²) in [5, 5.41) is 3.45. The van der Waals surface area contributed by atoms with E-state index in [0.29, 0.717) is 17.6 Å². The van der Waals surface area contributed by atoms with E-state index in [1.165, 1.54) is 19.3 Å². The van der Waals surface area contributed by atoms with Gasteiger partial charge in [-0.15, -0.1) is 0 Å². The highest BCUT2D eigenvalue weighted by atomic mass is 16.5. The first-order valence-corrected chi connectivity index (χ1v) is 7.07. The zero-order chi connectivity index (χ0) is 14.0. The van der Waals surface area contributed by atoms with Gasteiger partial charge in [0.15, 0.2) is 0 Å². The van der Waals surface area contributed by atoms with Gasteiger partial charge in [0.05, 0.1) is 5.69 Å². The molecule has 4 heteroatoms. The van der Waals surface area contributed by atoms with Crippen molar-refractivity contribution in [2.24, 2.45) is 5.92 Å². The first-order chi connectivity index (χ1) is 8.85. The summed E-state index contributed by atoms with van der Waals surface area (Å²) in [6, 6.07) is 4.22. The quantitative estimate of drug-likeness (QED) is 0.873. The molecule has 0 spiro atoms. The van der Waals surface area contributed by atoms with E-state index < -0.39 is 0 Å². The lowest BCUT2D eigenvalue weighted by atomic mass is 9.80. The fraction of sp³-hybridized carbons (Fsp3) is 0.667. The van der Waals surface area contributed by atoms with Crippen molar-refractivity contribution in [3.8, 4) is 5.88 Å². The maximum Gasteiger partial charge on any atom is 0.239 e. The average Bonchev–Trinajstić information content (AvgIpc) is 2.18. The van der Waals surface area contributed by atoms with Crippen LogP contribution in [-0.2, 0) is 0 Å². The van der Waals surface area contributed by atoms with Gasteiger partial charge in [0, 0.05) is 6.04 Å². The van der Waals surface area contributed by atoms with Gasteiger partial charge < -0.3 is 15.8 Å². The molecule has 0 aromatic carbocycles. The minimum atomic E-state index is -0.292. The third-order valence-electron chi connectivity index (χ3n) is 3.53. The lowest BCUT2D eigenvalue weighted by molar-refractivity contribution is 0.125. The van der Waals surface area contributed by atoms with Crippen LogP contribution in [0.3, 0.4) is 0 Å². The van der Waals surface area contributed by atoms with Crippen LogP contribution in [0.5, 0.6) is 5.88 Å². The summed E-state index contributed by atoms with van der Waals surface area (Å²) >= 11 is 0. The van der Waals surface area contributed by atoms with E-state index in [1.54, 1.807) is 0 Å². The Morgan fingerprint density at radius 1 is 1.37 bits per heavy atom. The first kappa shape index (κ1) is 14.0. The second-order valence-corrected chi connectivity index (χ2v) is 6.43. The molecule has 1 heterocycles. The molecule has 3 N–H and O–H groups in total. The molecule has 4 nitrogen and oxygen atoms in total. The Morgan fingerprint density at radius 3 is 2.58 bits per heavy atom. The number of hydrogen-bond acceptors (Lipinski definition) is 4. The van der Waals surface area contributed by atoms with E-state index in [1.807, 2.05) is 32.9 Å². The van der Waals surface area contributed by atoms with Crippen LogP contribution in [0.2, 0.25) is 0 Å². The summed E-state index contributed by atoms with van der Waals surface area (Å²) in [4.78, 5) is 4.48. The van der Waals surface area contributed by atoms with Crippen molar-refractivity contribution in [3.63, 3.8) is 0 Å². The Labute approximate surface area is 115 Å². The van der Waals surface area contributed by atoms with E-state index in [0.717, 1.165) is 11.7 Å². The number of hydrogen-bond donors (Lipinski definition) is 2. The summed E-state index contributed by atoms with van der Waals surface area (Å²) < 4.78 is 5.78. The molecule has 0 radical (unpaired) electrons. The van der Waals surface area contributed by atoms with Gasteiger partial charge in [0.25, 0.3) is 0 Å². The molecule has 0 saturated heterocycles. The van der Waals surface area contributed by atoms with Crippen LogP contribution >= 0.6 is 0 Å². The molecule has 1 aromatic heterocycles. The zero-order valence-electron chi connectivity index (χ0n) is 12.4. The molecule has 0 aliphatic heterocycles. The van der Waals surface area contributed by atoms with E-state index in [2.05, 4.69) is 17.2 Å². The Bertz CT molecular complexity index is 436. The van der Waals surface area contributed by atoms with E-state index in [-0.39, 0.29) is 5.60 Å². The topological polar surface area (TPSA) is 60.2 Å². The minimum absolute atomic E-state index is 0.292. The third kappa shape index (κ3) is 3.75. The number of anilines is 2. The molecule has 19 heavy (non-hydrogen) atoms. The van der Waals surface area contributed by atoms with E-state index >= 15 is 0 Å². The predicted octanol–water partition coefficient (Wildman–Crippen LogP) is 3.44. The number of nitrogens with two attached hydrogens (primary N) is 1. The van der Waals surface area contributed by atoms with Crippen LogP contribution in [0, 0.1) is 5.92 Å². The summed E-state index contributed by atoms with van der Waals surface area (Å²) in [6.07, 6.45) is 3.98. The molecule has 1 aliphatic rings. The number of nitrogens with one attached hydrogen (secondary N) is 1. The highest BCUT2D eigenvalue weighted by molar-refractivity contribution is 5.54. The lowest BCUT2D eigenvalue weighted by Gasteiger charge is -2.32. The summed E-state index contributed by atoms with van der Waals surface area (Å²) in [5.41, 5.74) is 6.20. The molecule has 1 saturated carbocycles. The van der Waals surface area contributed by atoms with Crippen molar-refractivity contribution >= 4 is 11.5 Å². The highest BCUT2D eigenvalue weighted by Crippen LogP contribution is 2.31. The van der Waals surface area contributed by atoms with E-state index in [9.17, 15) is 0 Å². The van der Waals surface area contributed by atoms with Crippen molar-refractivity contribution < 1.29 is 4.74 Å². The molecule has 0 bridgehead atoms.